The Morgan fingerprint density at radius 1 is 1.27 bits per heavy atom. The second-order valence-electron chi connectivity index (χ2n) is 6.65. The summed E-state index contributed by atoms with van der Waals surface area (Å²) >= 11 is 1.54. The number of carbonyl (C=O) groups is 1. The van der Waals surface area contributed by atoms with Crippen molar-refractivity contribution in [1.82, 2.24) is 4.90 Å². The van der Waals surface area contributed by atoms with Gasteiger partial charge in [0.1, 0.15) is 11.5 Å². The number of hydrogen-bond acceptors (Lipinski definition) is 5. The highest BCUT2D eigenvalue weighted by Crippen LogP contribution is 2.43. The predicted molar refractivity (Wildman–Crippen MR) is 101 cm³/mol. The van der Waals surface area contributed by atoms with Crippen molar-refractivity contribution < 1.29 is 9.21 Å². The van der Waals surface area contributed by atoms with Crippen molar-refractivity contribution in [2.75, 3.05) is 17.4 Å². The molecule has 5 nitrogen and oxygen atoms in total. The van der Waals surface area contributed by atoms with Crippen LogP contribution in [0, 0.1) is 25.2 Å². The minimum Gasteiger partial charge on any atom is -0.466 e. The number of furan rings is 1. The summed E-state index contributed by atoms with van der Waals surface area (Å²) in [6, 6.07) is 14.3. The van der Waals surface area contributed by atoms with Gasteiger partial charge in [0.25, 0.3) is 0 Å². The Balaban J connectivity index is 1.67. The van der Waals surface area contributed by atoms with Crippen molar-refractivity contribution in [3.8, 4) is 6.07 Å². The Kier molecular flexibility index (Phi) is 4.25. The zero-order chi connectivity index (χ0) is 18.3. The molecule has 3 heterocycles. The van der Waals surface area contributed by atoms with Crippen LogP contribution in [0.3, 0.4) is 0 Å². The van der Waals surface area contributed by atoms with Gasteiger partial charge in [0, 0.05) is 12.1 Å². The van der Waals surface area contributed by atoms with Gasteiger partial charge in [0.2, 0.25) is 5.91 Å². The Morgan fingerprint density at radius 2 is 2.12 bits per heavy atom. The number of nitrogens with zero attached hydrogens (tertiary/aromatic N) is 3. The number of amides is 1. The van der Waals surface area contributed by atoms with Gasteiger partial charge in [-0.1, -0.05) is 23.9 Å². The first kappa shape index (κ1) is 16.8. The third-order valence-corrected chi connectivity index (χ3v) is 5.92. The summed E-state index contributed by atoms with van der Waals surface area (Å²) in [5, 5.41) is 10.5. The van der Waals surface area contributed by atoms with Crippen LogP contribution in [0.4, 0.5) is 5.69 Å². The molecule has 2 aliphatic rings. The first-order chi connectivity index (χ1) is 12.6. The summed E-state index contributed by atoms with van der Waals surface area (Å²) in [6.45, 7) is 4.40. The number of anilines is 1. The summed E-state index contributed by atoms with van der Waals surface area (Å²) in [4.78, 5) is 16.7. The van der Waals surface area contributed by atoms with E-state index in [9.17, 15) is 10.1 Å². The van der Waals surface area contributed by atoms with Gasteiger partial charge >= 0.3 is 0 Å². The van der Waals surface area contributed by atoms with E-state index in [4.69, 9.17) is 4.42 Å². The van der Waals surface area contributed by atoms with Crippen molar-refractivity contribution in [2.24, 2.45) is 0 Å². The Bertz CT molecular complexity index is 941. The van der Waals surface area contributed by atoms with Crippen LogP contribution in [0.25, 0.3) is 0 Å². The molecule has 26 heavy (non-hydrogen) atoms. The van der Waals surface area contributed by atoms with E-state index in [-0.39, 0.29) is 18.2 Å². The molecule has 1 atom stereocenters. The lowest BCUT2D eigenvalue weighted by atomic mass is 9.91. The van der Waals surface area contributed by atoms with E-state index in [0.717, 1.165) is 16.5 Å². The van der Waals surface area contributed by atoms with E-state index in [1.54, 1.807) is 16.7 Å². The van der Waals surface area contributed by atoms with E-state index in [0.29, 0.717) is 23.9 Å². The van der Waals surface area contributed by atoms with Gasteiger partial charge in [-0.3, -0.25) is 9.69 Å². The minimum absolute atomic E-state index is 0.0305. The highest BCUT2D eigenvalue weighted by molar-refractivity contribution is 8.03. The van der Waals surface area contributed by atoms with Crippen LogP contribution >= 0.6 is 11.8 Å². The zero-order valence-corrected chi connectivity index (χ0v) is 15.5. The molecular weight excluding hydrogens is 346 g/mol. The van der Waals surface area contributed by atoms with E-state index in [2.05, 4.69) is 36.1 Å². The number of nitriles is 1. The van der Waals surface area contributed by atoms with Gasteiger partial charge in [0.05, 0.1) is 35.1 Å². The van der Waals surface area contributed by atoms with Crippen molar-refractivity contribution in [1.29, 1.82) is 5.26 Å². The average molecular weight is 365 g/mol. The first-order valence-corrected chi connectivity index (χ1v) is 9.51. The Labute approximate surface area is 156 Å². The molecule has 0 N–H and O–H groups in total. The molecule has 132 valence electrons. The lowest BCUT2D eigenvalue weighted by molar-refractivity contribution is -0.130. The third kappa shape index (κ3) is 2.89. The molecule has 6 heteroatoms. The fraction of sp³-hybridized carbons (Fsp3) is 0.300. The SMILES string of the molecule is Cc1cccc(N2CSC3=C(C#N)[C@H](c4ccc(C)o4)CC(=O)N3C2)c1. The van der Waals surface area contributed by atoms with Gasteiger partial charge in [-0.15, -0.1) is 0 Å². The Hall–Kier alpha value is -2.65. The molecule has 0 aliphatic carbocycles. The van der Waals surface area contributed by atoms with Gasteiger partial charge in [-0.2, -0.15) is 5.26 Å². The van der Waals surface area contributed by atoms with E-state index in [1.807, 2.05) is 25.1 Å². The number of thioether (sulfide) groups is 1. The van der Waals surface area contributed by atoms with Crippen LogP contribution in [0.5, 0.6) is 0 Å². The van der Waals surface area contributed by atoms with Crippen molar-refractivity contribution in [2.45, 2.75) is 26.2 Å². The van der Waals surface area contributed by atoms with Gasteiger partial charge < -0.3 is 9.32 Å². The summed E-state index contributed by atoms with van der Waals surface area (Å²) in [7, 11) is 0. The molecular formula is C20H19N3O2S. The molecule has 0 unspecified atom stereocenters. The largest absolute Gasteiger partial charge is 0.466 e. The normalized spacial score (nSPS) is 20.2. The van der Waals surface area contributed by atoms with Crippen LogP contribution in [0.1, 0.15) is 29.4 Å². The predicted octanol–water partition coefficient (Wildman–Crippen LogP) is 4.12. The molecule has 1 aromatic carbocycles. The molecule has 2 aromatic rings. The Morgan fingerprint density at radius 3 is 2.81 bits per heavy atom. The number of aryl methyl sites for hydroxylation is 2. The average Bonchev–Trinajstić information content (AvgIpc) is 3.07. The second-order valence-corrected chi connectivity index (χ2v) is 7.58. The second kappa shape index (κ2) is 6.58. The maximum atomic E-state index is 12.8. The molecule has 0 bridgehead atoms. The minimum atomic E-state index is -0.287. The van der Waals surface area contributed by atoms with E-state index >= 15 is 0 Å². The molecule has 1 fully saturated rings. The van der Waals surface area contributed by atoms with Crippen molar-refractivity contribution in [3.63, 3.8) is 0 Å². The number of carbonyl (C=O) groups excluding carboxylic acids is 1. The summed E-state index contributed by atoms with van der Waals surface area (Å²) < 4.78 is 5.71. The number of fused-ring (bicyclic) bond motifs is 1. The fourth-order valence-electron chi connectivity index (χ4n) is 3.43. The molecule has 0 spiro atoms. The topological polar surface area (TPSA) is 60.5 Å². The van der Waals surface area contributed by atoms with Crippen molar-refractivity contribution in [3.05, 3.63) is 64.1 Å². The molecule has 1 amide bonds. The number of allylic oxidation sites excluding steroid dienone is 1. The summed E-state index contributed by atoms with van der Waals surface area (Å²) in [5.41, 5.74) is 2.91. The molecule has 0 saturated carbocycles. The monoisotopic (exact) mass is 365 g/mol. The van der Waals surface area contributed by atoms with Gasteiger partial charge in [-0.25, -0.2) is 0 Å². The van der Waals surface area contributed by atoms with Crippen LogP contribution < -0.4 is 4.90 Å². The van der Waals surface area contributed by atoms with E-state index in [1.165, 1.54) is 5.56 Å². The highest BCUT2D eigenvalue weighted by atomic mass is 32.2. The van der Waals surface area contributed by atoms with Gasteiger partial charge in [0.15, 0.2) is 0 Å². The van der Waals surface area contributed by atoms with Crippen LogP contribution in [-0.2, 0) is 4.79 Å². The smallest absolute Gasteiger partial charge is 0.230 e. The summed E-state index contributed by atoms with van der Waals surface area (Å²) in [6.07, 6.45) is 0.265. The van der Waals surface area contributed by atoms with Crippen LogP contribution in [0.2, 0.25) is 0 Å². The zero-order valence-electron chi connectivity index (χ0n) is 14.7. The maximum Gasteiger partial charge on any atom is 0.230 e. The van der Waals surface area contributed by atoms with Crippen LogP contribution in [0.15, 0.2) is 51.4 Å². The third-order valence-electron chi connectivity index (χ3n) is 4.76. The highest BCUT2D eigenvalue weighted by Gasteiger charge is 2.39. The summed E-state index contributed by atoms with van der Waals surface area (Å²) in [5.74, 6) is 1.94. The fourth-order valence-corrected chi connectivity index (χ4v) is 4.60. The maximum absolute atomic E-state index is 12.8. The number of rotatable bonds is 2. The first-order valence-electron chi connectivity index (χ1n) is 8.52. The molecule has 1 aromatic heterocycles. The number of benzene rings is 1. The molecule has 1 saturated heterocycles. The van der Waals surface area contributed by atoms with Gasteiger partial charge in [-0.05, 0) is 43.7 Å². The quantitative estimate of drug-likeness (QED) is 0.801. The molecule has 2 aliphatic heterocycles. The van der Waals surface area contributed by atoms with E-state index < -0.39 is 0 Å². The lowest BCUT2D eigenvalue weighted by Crippen LogP contribution is -2.47. The molecule has 4 rings (SSSR count). The van der Waals surface area contributed by atoms with Crippen LogP contribution in [-0.4, -0.2) is 23.4 Å². The van der Waals surface area contributed by atoms with Crippen molar-refractivity contribution >= 4 is 23.4 Å². The molecule has 0 radical (unpaired) electrons. The standard InChI is InChI=1S/C20H19N3O2S/c1-13-4-3-5-15(8-13)22-11-23-19(24)9-16(18-7-6-14(2)25-18)17(10-21)20(23)26-12-22/h3-8,16H,9,11-12H2,1-2H3/t16-/m1/s1. The lowest BCUT2D eigenvalue weighted by Gasteiger charge is -2.41. The number of hydrogen-bond donors (Lipinski definition) is 0.